The molecule has 0 aliphatic rings. The van der Waals surface area contributed by atoms with E-state index in [2.05, 4.69) is 38.2 Å². The molecule has 2 heteroatoms. The van der Waals surface area contributed by atoms with Crippen LogP contribution in [0.15, 0.2) is 30.3 Å². The third kappa shape index (κ3) is 2.75. The second kappa shape index (κ2) is 5.76. The molecule has 0 saturated heterocycles. The molecule has 0 radical (unpaired) electrons. The Kier molecular flexibility index (Phi) is 4.24. The Morgan fingerprint density at radius 2 is 1.40 bits per heavy atom. The largest absolute Gasteiger partial charge is 0.309 e. The predicted molar refractivity (Wildman–Crippen MR) is 82.7 cm³/mol. The zero-order chi connectivity index (χ0) is 14.9. The van der Waals surface area contributed by atoms with Gasteiger partial charge in [-0.3, -0.25) is 0 Å². The molecule has 0 fully saturated rings. The second-order valence-electron chi connectivity index (χ2n) is 5.52. The maximum Gasteiger partial charge on any atom is 0.123 e. The molecule has 0 amide bonds. The second-order valence-corrected chi connectivity index (χ2v) is 5.52. The van der Waals surface area contributed by atoms with Crippen LogP contribution in [0.4, 0.5) is 4.39 Å². The van der Waals surface area contributed by atoms with Gasteiger partial charge in [0.15, 0.2) is 0 Å². The fourth-order valence-corrected chi connectivity index (χ4v) is 2.69. The fraction of sp³-hybridized carbons (Fsp3) is 0.333. The zero-order valence-corrected chi connectivity index (χ0v) is 12.8. The number of hydrogen-bond donors (Lipinski definition) is 1. The summed E-state index contributed by atoms with van der Waals surface area (Å²) in [5.74, 6) is -0.188. The Morgan fingerprint density at radius 3 is 2.05 bits per heavy atom. The molecule has 106 valence electrons. The maximum atomic E-state index is 13.6. The SMILES string of the molecule is CNC(c1cc(F)ccc1C)c1cc(C)c(C)cc1C. The van der Waals surface area contributed by atoms with Crippen molar-refractivity contribution in [3.63, 3.8) is 0 Å². The van der Waals surface area contributed by atoms with Crippen molar-refractivity contribution in [2.75, 3.05) is 7.05 Å². The van der Waals surface area contributed by atoms with Crippen molar-refractivity contribution in [1.82, 2.24) is 5.32 Å². The monoisotopic (exact) mass is 271 g/mol. The lowest BCUT2D eigenvalue weighted by atomic mass is 9.90. The van der Waals surface area contributed by atoms with Crippen LogP contribution in [0.2, 0.25) is 0 Å². The maximum absolute atomic E-state index is 13.6. The summed E-state index contributed by atoms with van der Waals surface area (Å²) in [5, 5.41) is 3.32. The van der Waals surface area contributed by atoms with Crippen LogP contribution in [-0.4, -0.2) is 7.05 Å². The van der Waals surface area contributed by atoms with Crippen LogP contribution in [0.25, 0.3) is 0 Å². The van der Waals surface area contributed by atoms with Gasteiger partial charge in [0.05, 0.1) is 6.04 Å². The van der Waals surface area contributed by atoms with E-state index in [0.717, 1.165) is 11.1 Å². The number of benzene rings is 2. The van der Waals surface area contributed by atoms with E-state index < -0.39 is 0 Å². The van der Waals surface area contributed by atoms with E-state index in [1.807, 2.05) is 20.0 Å². The van der Waals surface area contributed by atoms with Crippen molar-refractivity contribution < 1.29 is 4.39 Å². The summed E-state index contributed by atoms with van der Waals surface area (Å²) in [5.41, 5.74) is 7.10. The van der Waals surface area contributed by atoms with Gasteiger partial charge < -0.3 is 5.32 Å². The van der Waals surface area contributed by atoms with Gasteiger partial charge in [-0.2, -0.15) is 0 Å². The first-order valence-electron chi connectivity index (χ1n) is 6.95. The van der Waals surface area contributed by atoms with Gasteiger partial charge >= 0.3 is 0 Å². The molecule has 0 heterocycles. The molecule has 2 aromatic rings. The number of nitrogens with one attached hydrogen (secondary N) is 1. The number of halogens is 1. The lowest BCUT2D eigenvalue weighted by Crippen LogP contribution is -2.20. The summed E-state index contributed by atoms with van der Waals surface area (Å²) < 4.78 is 13.6. The first-order chi connectivity index (χ1) is 9.43. The van der Waals surface area contributed by atoms with Gasteiger partial charge in [-0.1, -0.05) is 18.2 Å². The van der Waals surface area contributed by atoms with Crippen molar-refractivity contribution in [2.45, 2.75) is 33.7 Å². The number of aryl methyl sites for hydroxylation is 4. The molecular formula is C18H22FN. The average Bonchev–Trinajstić information content (AvgIpc) is 2.40. The molecule has 0 bridgehead atoms. The van der Waals surface area contributed by atoms with Crippen molar-refractivity contribution >= 4 is 0 Å². The molecular weight excluding hydrogens is 249 g/mol. The number of hydrogen-bond acceptors (Lipinski definition) is 1. The quantitative estimate of drug-likeness (QED) is 0.874. The molecule has 1 nitrogen and oxygen atoms in total. The first-order valence-corrected chi connectivity index (χ1v) is 6.95. The molecule has 1 unspecified atom stereocenters. The Balaban J connectivity index is 2.58. The van der Waals surface area contributed by atoms with Crippen LogP contribution < -0.4 is 5.32 Å². The summed E-state index contributed by atoms with van der Waals surface area (Å²) in [6.07, 6.45) is 0. The van der Waals surface area contributed by atoms with Gasteiger partial charge in [0.25, 0.3) is 0 Å². The lowest BCUT2D eigenvalue weighted by Gasteiger charge is -2.22. The molecule has 0 aliphatic heterocycles. The van der Waals surface area contributed by atoms with Crippen LogP contribution in [0.5, 0.6) is 0 Å². The standard InChI is InChI=1S/C18H22FN/c1-11-6-7-15(19)10-17(11)18(20-5)16-9-13(3)12(2)8-14(16)4/h6-10,18,20H,1-5H3. The molecule has 0 aromatic heterocycles. The van der Waals surface area contributed by atoms with Gasteiger partial charge in [-0.15, -0.1) is 0 Å². The highest BCUT2D eigenvalue weighted by Gasteiger charge is 2.17. The summed E-state index contributed by atoms with van der Waals surface area (Å²) in [4.78, 5) is 0. The van der Waals surface area contributed by atoms with E-state index in [0.29, 0.717) is 0 Å². The van der Waals surface area contributed by atoms with E-state index in [1.165, 1.54) is 28.3 Å². The van der Waals surface area contributed by atoms with Crippen LogP contribution >= 0.6 is 0 Å². The molecule has 1 atom stereocenters. The van der Waals surface area contributed by atoms with E-state index in [-0.39, 0.29) is 11.9 Å². The predicted octanol–water partition coefficient (Wildman–Crippen LogP) is 4.37. The van der Waals surface area contributed by atoms with Gasteiger partial charge in [-0.05, 0) is 80.3 Å². The molecule has 0 aliphatic carbocycles. The number of rotatable bonds is 3. The van der Waals surface area contributed by atoms with E-state index in [1.54, 1.807) is 6.07 Å². The Morgan fingerprint density at radius 1 is 0.800 bits per heavy atom. The van der Waals surface area contributed by atoms with Crippen LogP contribution in [-0.2, 0) is 0 Å². The molecule has 0 saturated carbocycles. The molecule has 20 heavy (non-hydrogen) atoms. The minimum atomic E-state index is -0.188. The smallest absolute Gasteiger partial charge is 0.123 e. The normalized spacial score (nSPS) is 12.5. The van der Waals surface area contributed by atoms with Gasteiger partial charge in [0, 0.05) is 0 Å². The van der Waals surface area contributed by atoms with Crippen LogP contribution in [0.3, 0.4) is 0 Å². The van der Waals surface area contributed by atoms with Gasteiger partial charge in [0.1, 0.15) is 5.82 Å². The summed E-state index contributed by atoms with van der Waals surface area (Å²) >= 11 is 0. The lowest BCUT2D eigenvalue weighted by molar-refractivity contribution is 0.614. The van der Waals surface area contributed by atoms with E-state index in [9.17, 15) is 4.39 Å². The third-order valence-corrected chi connectivity index (χ3v) is 4.03. The first kappa shape index (κ1) is 14.7. The topological polar surface area (TPSA) is 12.0 Å². The van der Waals surface area contributed by atoms with Crippen LogP contribution in [0.1, 0.15) is 39.4 Å². The highest BCUT2D eigenvalue weighted by molar-refractivity contribution is 5.44. The summed E-state index contributed by atoms with van der Waals surface area (Å²) in [7, 11) is 1.92. The summed E-state index contributed by atoms with van der Waals surface area (Å²) in [6, 6.07) is 9.40. The fourth-order valence-electron chi connectivity index (χ4n) is 2.69. The molecule has 2 aromatic carbocycles. The van der Waals surface area contributed by atoms with Gasteiger partial charge in [0.2, 0.25) is 0 Å². The minimum absolute atomic E-state index is 0.0185. The highest BCUT2D eigenvalue weighted by Crippen LogP contribution is 2.29. The van der Waals surface area contributed by atoms with Crippen molar-refractivity contribution in [1.29, 1.82) is 0 Å². The molecule has 1 N–H and O–H groups in total. The van der Waals surface area contributed by atoms with Crippen molar-refractivity contribution in [2.24, 2.45) is 0 Å². The van der Waals surface area contributed by atoms with Crippen LogP contribution in [0, 0.1) is 33.5 Å². The third-order valence-electron chi connectivity index (χ3n) is 4.03. The van der Waals surface area contributed by atoms with Crippen molar-refractivity contribution in [3.05, 3.63) is 69.5 Å². The average molecular weight is 271 g/mol. The Bertz CT molecular complexity index is 632. The zero-order valence-electron chi connectivity index (χ0n) is 12.8. The Labute approximate surface area is 120 Å². The molecule has 2 rings (SSSR count). The minimum Gasteiger partial charge on any atom is -0.309 e. The van der Waals surface area contributed by atoms with E-state index in [4.69, 9.17) is 0 Å². The molecule has 0 spiro atoms. The van der Waals surface area contributed by atoms with Crippen molar-refractivity contribution in [3.8, 4) is 0 Å². The van der Waals surface area contributed by atoms with Gasteiger partial charge in [-0.25, -0.2) is 4.39 Å². The van der Waals surface area contributed by atoms with E-state index >= 15 is 0 Å². The highest BCUT2D eigenvalue weighted by atomic mass is 19.1. The summed E-state index contributed by atoms with van der Waals surface area (Å²) in [6.45, 7) is 8.37. The Hall–Kier alpha value is -1.67.